The van der Waals surface area contributed by atoms with Crippen LogP contribution in [0.15, 0.2) is 35.5 Å². The van der Waals surface area contributed by atoms with Crippen molar-refractivity contribution in [2.75, 3.05) is 20.3 Å². The molecular formula is C19H26N2O3S. The van der Waals surface area contributed by atoms with Gasteiger partial charge in [0, 0.05) is 32.6 Å². The summed E-state index contributed by atoms with van der Waals surface area (Å²) in [7, 11) is -2.07. The Morgan fingerprint density at radius 1 is 1.04 bits per heavy atom. The third kappa shape index (κ3) is 4.26. The minimum absolute atomic E-state index is 0.292. The first-order chi connectivity index (χ1) is 11.8. The Balaban J connectivity index is 2.52. The number of methoxy groups -OCH3 is 1. The van der Waals surface area contributed by atoms with Gasteiger partial charge >= 0.3 is 0 Å². The highest BCUT2D eigenvalue weighted by molar-refractivity contribution is 7.89. The van der Waals surface area contributed by atoms with E-state index in [1.165, 1.54) is 4.31 Å². The van der Waals surface area contributed by atoms with Gasteiger partial charge in [-0.2, -0.15) is 4.31 Å². The fourth-order valence-corrected chi connectivity index (χ4v) is 4.85. The van der Waals surface area contributed by atoms with Crippen LogP contribution in [0, 0.1) is 27.7 Å². The van der Waals surface area contributed by atoms with Gasteiger partial charge in [0.15, 0.2) is 0 Å². The number of hydrogen-bond donors (Lipinski definition) is 0. The van der Waals surface area contributed by atoms with Crippen LogP contribution in [-0.2, 0) is 21.3 Å². The highest BCUT2D eigenvalue weighted by atomic mass is 32.2. The van der Waals surface area contributed by atoms with Crippen molar-refractivity contribution in [3.8, 4) is 0 Å². The van der Waals surface area contributed by atoms with E-state index in [1.54, 1.807) is 19.5 Å². The summed E-state index contributed by atoms with van der Waals surface area (Å²) < 4.78 is 33.5. The van der Waals surface area contributed by atoms with Gasteiger partial charge < -0.3 is 4.74 Å². The summed E-state index contributed by atoms with van der Waals surface area (Å²) >= 11 is 0. The average molecular weight is 362 g/mol. The second-order valence-corrected chi connectivity index (χ2v) is 8.15. The van der Waals surface area contributed by atoms with Gasteiger partial charge in [0.1, 0.15) is 0 Å². The Labute approximate surface area is 150 Å². The molecule has 2 aromatic rings. The van der Waals surface area contributed by atoms with Crippen LogP contribution in [0.4, 0.5) is 0 Å². The molecule has 0 aliphatic rings. The molecule has 0 N–H and O–H groups in total. The van der Waals surface area contributed by atoms with Crippen molar-refractivity contribution in [2.45, 2.75) is 39.1 Å². The van der Waals surface area contributed by atoms with E-state index in [-0.39, 0.29) is 0 Å². The van der Waals surface area contributed by atoms with E-state index in [0.717, 1.165) is 27.8 Å². The Kier molecular flexibility index (Phi) is 6.32. The number of aryl methyl sites for hydroxylation is 2. The van der Waals surface area contributed by atoms with Crippen molar-refractivity contribution in [3.63, 3.8) is 0 Å². The standard InChI is InChI=1S/C19H26N2O3S/c1-14-12-15(2)17(4)19(16(14)3)25(22,23)21(10-11-24-5)13-18-6-8-20-9-7-18/h6-9,12H,10-11,13H2,1-5H3. The molecule has 0 bridgehead atoms. The van der Waals surface area contributed by atoms with Crippen molar-refractivity contribution < 1.29 is 13.2 Å². The molecule has 0 atom stereocenters. The Hall–Kier alpha value is -1.76. The van der Waals surface area contributed by atoms with E-state index in [9.17, 15) is 8.42 Å². The molecule has 0 aliphatic carbocycles. The summed E-state index contributed by atoms with van der Waals surface area (Å²) in [5.41, 5.74) is 4.48. The molecule has 25 heavy (non-hydrogen) atoms. The molecular weight excluding hydrogens is 336 g/mol. The summed E-state index contributed by atoms with van der Waals surface area (Å²) in [6.07, 6.45) is 3.34. The number of ether oxygens (including phenoxy) is 1. The normalized spacial score (nSPS) is 11.9. The molecule has 136 valence electrons. The highest BCUT2D eigenvalue weighted by Gasteiger charge is 2.29. The smallest absolute Gasteiger partial charge is 0.244 e. The fraction of sp³-hybridized carbons (Fsp3) is 0.421. The number of rotatable bonds is 7. The summed E-state index contributed by atoms with van der Waals surface area (Å²) in [5, 5.41) is 0. The maximum Gasteiger partial charge on any atom is 0.244 e. The third-order valence-electron chi connectivity index (χ3n) is 4.55. The molecule has 0 unspecified atom stereocenters. The van der Waals surface area contributed by atoms with Crippen LogP contribution in [0.25, 0.3) is 0 Å². The number of pyridine rings is 1. The van der Waals surface area contributed by atoms with Crippen molar-refractivity contribution in [1.82, 2.24) is 9.29 Å². The van der Waals surface area contributed by atoms with E-state index in [2.05, 4.69) is 4.98 Å². The second kappa shape index (κ2) is 8.08. The van der Waals surface area contributed by atoms with Gasteiger partial charge in [-0.25, -0.2) is 8.42 Å². The first-order valence-corrected chi connectivity index (χ1v) is 9.68. The highest BCUT2D eigenvalue weighted by Crippen LogP contribution is 2.29. The van der Waals surface area contributed by atoms with Crippen molar-refractivity contribution in [1.29, 1.82) is 0 Å². The van der Waals surface area contributed by atoms with Gasteiger partial charge in [-0.1, -0.05) is 6.07 Å². The molecule has 0 spiro atoms. The molecule has 5 nitrogen and oxygen atoms in total. The van der Waals surface area contributed by atoms with Gasteiger partial charge in [0.05, 0.1) is 11.5 Å². The van der Waals surface area contributed by atoms with Crippen molar-refractivity contribution >= 4 is 10.0 Å². The maximum absolute atomic E-state index is 13.4. The largest absolute Gasteiger partial charge is 0.383 e. The number of sulfonamides is 1. The van der Waals surface area contributed by atoms with E-state index in [1.807, 2.05) is 45.9 Å². The second-order valence-electron chi connectivity index (χ2n) is 6.28. The van der Waals surface area contributed by atoms with Gasteiger partial charge in [0.25, 0.3) is 0 Å². The molecule has 0 fully saturated rings. The maximum atomic E-state index is 13.4. The molecule has 0 saturated heterocycles. The number of hydrogen-bond acceptors (Lipinski definition) is 4. The van der Waals surface area contributed by atoms with E-state index < -0.39 is 10.0 Å². The minimum atomic E-state index is -3.64. The van der Waals surface area contributed by atoms with Crippen LogP contribution < -0.4 is 0 Å². The van der Waals surface area contributed by atoms with Crippen LogP contribution in [0.5, 0.6) is 0 Å². The zero-order valence-electron chi connectivity index (χ0n) is 15.5. The predicted octanol–water partition coefficient (Wildman–Crippen LogP) is 3.15. The number of nitrogens with zero attached hydrogens (tertiary/aromatic N) is 2. The van der Waals surface area contributed by atoms with Crippen LogP contribution in [0.2, 0.25) is 0 Å². The van der Waals surface area contributed by atoms with Crippen molar-refractivity contribution in [3.05, 3.63) is 58.4 Å². The Morgan fingerprint density at radius 3 is 2.12 bits per heavy atom. The predicted molar refractivity (Wildman–Crippen MR) is 99.1 cm³/mol. The van der Waals surface area contributed by atoms with Gasteiger partial charge in [-0.3, -0.25) is 4.98 Å². The molecule has 0 radical (unpaired) electrons. The SMILES string of the molecule is COCCN(Cc1ccncc1)S(=O)(=O)c1c(C)c(C)cc(C)c1C. The Morgan fingerprint density at radius 2 is 1.60 bits per heavy atom. The Bertz CT molecular complexity index is 807. The quantitative estimate of drug-likeness (QED) is 0.759. The lowest BCUT2D eigenvalue weighted by molar-refractivity contribution is 0.177. The summed E-state index contributed by atoms with van der Waals surface area (Å²) in [6.45, 7) is 8.57. The van der Waals surface area contributed by atoms with Gasteiger partial charge in [-0.15, -0.1) is 0 Å². The van der Waals surface area contributed by atoms with Crippen LogP contribution in [-0.4, -0.2) is 38.0 Å². The van der Waals surface area contributed by atoms with E-state index in [4.69, 9.17) is 4.74 Å². The van der Waals surface area contributed by atoms with Crippen LogP contribution >= 0.6 is 0 Å². The van der Waals surface area contributed by atoms with Crippen LogP contribution in [0.3, 0.4) is 0 Å². The monoisotopic (exact) mass is 362 g/mol. The lowest BCUT2D eigenvalue weighted by Gasteiger charge is -2.25. The summed E-state index contributed by atoms with van der Waals surface area (Å²) in [4.78, 5) is 4.41. The molecule has 1 aromatic heterocycles. The van der Waals surface area contributed by atoms with Gasteiger partial charge in [0.2, 0.25) is 10.0 Å². The third-order valence-corrected chi connectivity index (χ3v) is 6.67. The first-order valence-electron chi connectivity index (χ1n) is 8.24. The zero-order chi connectivity index (χ0) is 18.6. The number of benzene rings is 1. The molecule has 0 amide bonds. The molecule has 0 aliphatic heterocycles. The number of aromatic nitrogens is 1. The van der Waals surface area contributed by atoms with Gasteiger partial charge in [-0.05, 0) is 67.6 Å². The molecule has 6 heteroatoms. The fourth-order valence-electron chi connectivity index (χ4n) is 2.87. The molecule has 0 saturated carbocycles. The minimum Gasteiger partial charge on any atom is -0.383 e. The molecule has 1 aromatic carbocycles. The molecule has 1 heterocycles. The zero-order valence-corrected chi connectivity index (χ0v) is 16.4. The first kappa shape index (κ1) is 19.6. The summed E-state index contributed by atoms with van der Waals surface area (Å²) in [5.74, 6) is 0. The topological polar surface area (TPSA) is 59.5 Å². The van der Waals surface area contributed by atoms with Crippen molar-refractivity contribution in [2.24, 2.45) is 0 Å². The summed E-state index contributed by atoms with van der Waals surface area (Å²) in [6, 6.07) is 5.69. The lowest BCUT2D eigenvalue weighted by Crippen LogP contribution is -2.34. The van der Waals surface area contributed by atoms with Crippen LogP contribution in [0.1, 0.15) is 27.8 Å². The van der Waals surface area contributed by atoms with E-state index in [0.29, 0.717) is 24.6 Å². The lowest BCUT2D eigenvalue weighted by atomic mass is 10.0. The molecule has 2 rings (SSSR count). The average Bonchev–Trinajstić information content (AvgIpc) is 2.57. The van der Waals surface area contributed by atoms with E-state index >= 15 is 0 Å².